The topological polar surface area (TPSA) is 59.1 Å². The van der Waals surface area contributed by atoms with Crippen LogP contribution in [0.15, 0.2) is 54.7 Å². The molecule has 0 atom stereocenters. The Balaban J connectivity index is 1.59. The summed E-state index contributed by atoms with van der Waals surface area (Å²) in [5.41, 5.74) is 4.41. The van der Waals surface area contributed by atoms with Crippen molar-refractivity contribution in [1.82, 2.24) is 4.98 Å². The van der Waals surface area contributed by atoms with E-state index < -0.39 is 0 Å². The highest BCUT2D eigenvalue weighted by atomic mass is 16.2. The van der Waals surface area contributed by atoms with Gasteiger partial charge in [0.15, 0.2) is 5.78 Å². The monoisotopic (exact) mass is 332 g/mol. The number of nitrogens with one attached hydrogen (secondary N) is 1. The van der Waals surface area contributed by atoms with E-state index in [1.807, 2.05) is 62.4 Å². The van der Waals surface area contributed by atoms with Crippen molar-refractivity contribution in [2.75, 3.05) is 5.32 Å². The number of aryl methyl sites for hydroxylation is 2. The summed E-state index contributed by atoms with van der Waals surface area (Å²) in [6.45, 7) is 3.99. The van der Waals surface area contributed by atoms with Crippen molar-refractivity contribution in [3.05, 3.63) is 71.4 Å². The van der Waals surface area contributed by atoms with Gasteiger partial charge in [-0.3, -0.25) is 14.6 Å². The zero-order valence-electron chi connectivity index (χ0n) is 14.4. The molecular weight excluding hydrogens is 312 g/mol. The Morgan fingerprint density at radius 3 is 2.56 bits per heavy atom. The van der Waals surface area contributed by atoms with E-state index in [0.717, 1.165) is 22.0 Å². The molecule has 4 heteroatoms. The van der Waals surface area contributed by atoms with Crippen LogP contribution >= 0.6 is 0 Å². The molecule has 1 N–H and O–H groups in total. The molecule has 3 rings (SSSR count). The number of nitrogens with zero attached hydrogens (tertiary/aromatic N) is 1. The first-order valence-electron chi connectivity index (χ1n) is 8.28. The highest BCUT2D eigenvalue weighted by Crippen LogP contribution is 2.17. The summed E-state index contributed by atoms with van der Waals surface area (Å²) < 4.78 is 0. The van der Waals surface area contributed by atoms with Gasteiger partial charge in [0.05, 0.1) is 17.4 Å². The van der Waals surface area contributed by atoms with E-state index in [-0.39, 0.29) is 24.5 Å². The summed E-state index contributed by atoms with van der Waals surface area (Å²) in [4.78, 5) is 28.7. The third-order valence-electron chi connectivity index (χ3n) is 4.28. The van der Waals surface area contributed by atoms with E-state index in [9.17, 15) is 9.59 Å². The van der Waals surface area contributed by atoms with E-state index in [4.69, 9.17) is 0 Å². The number of hydrogen-bond donors (Lipinski definition) is 1. The van der Waals surface area contributed by atoms with Gasteiger partial charge in [-0.1, -0.05) is 30.3 Å². The highest BCUT2D eigenvalue weighted by Gasteiger charge is 2.11. The number of pyridine rings is 1. The van der Waals surface area contributed by atoms with Gasteiger partial charge in [-0.25, -0.2) is 0 Å². The molecule has 4 nitrogen and oxygen atoms in total. The molecular formula is C21H20N2O2. The first-order valence-corrected chi connectivity index (χ1v) is 8.28. The number of carbonyl (C=O) groups excluding carboxylic acids is 2. The minimum absolute atomic E-state index is 0.0186. The molecule has 0 saturated heterocycles. The third kappa shape index (κ3) is 4.10. The molecule has 25 heavy (non-hydrogen) atoms. The Morgan fingerprint density at radius 1 is 0.960 bits per heavy atom. The second kappa shape index (κ2) is 7.26. The Hall–Kier alpha value is -3.01. The predicted molar refractivity (Wildman–Crippen MR) is 99.9 cm³/mol. The summed E-state index contributed by atoms with van der Waals surface area (Å²) >= 11 is 0. The van der Waals surface area contributed by atoms with Crippen LogP contribution in [0.4, 0.5) is 5.69 Å². The number of anilines is 1. The minimum Gasteiger partial charge on any atom is -0.325 e. The molecule has 1 amide bonds. The lowest BCUT2D eigenvalue weighted by atomic mass is 10.0. The first kappa shape index (κ1) is 16.8. The average Bonchev–Trinajstić information content (AvgIpc) is 2.62. The van der Waals surface area contributed by atoms with Gasteiger partial charge in [-0.2, -0.15) is 0 Å². The van der Waals surface area contributed by atoms with Gasteiger partial charge in [0.1, 0.15) is 0 Å². The molecule has 0 spiro atoms. The zero-order chi connectivity index (χ0) is 17.8. The van der Waals surface area contributed by atoms with Gasteiger partial charge in [0.2, 0.25) is 5.91 Å². The Kier molecular flexibility index (Phi) is 4.89. The van der Waals surface area contributed by atoms with Gasteiger partial charge >= 0.3 is 0 Å². The number of ketones is 1. The number of Topliss-reactive ketones (excluding diaryl/α,β-unsaturated/α-hetero) is 1. The van der Waals surface area contributed by atoms with Gasteiger partial charge in [0.25, 0.3) is 0 Å². The maximum Gasteiger partial charge on any atom is 0.224 e. The van der Waals surface area contributed by atoms with E-state index >= 15 is 0 Å². The number of benzene rings is 2. The van der Waals surface area contributed by atoms with Crippen molar-refractivity contribution in [3.8, 4) is 0 Å². The van der Waals surface area contributed by atoms with Crippen LogP contribution in [0.1, 0.15) is 34.3 Å². The molecule has 0 aliphatic carbocycles. The molecule has 3 aromatic rings. The fourth-order valence-corrected chi connectivity index (χ4v) is 2.65. The number of para-hydroxylation sites is 1. The number of fused-ring (bicyclic) bond motifs is 1. The molecule has 126 valence electrons. The maximum absolute atomic E-state index is 12.2. The van der Waals surface area contributed by atoms with E-state index in [0.29, 0.717) is 11.3 Å². The van der Waals surface area contributed by atoms with E-state index in [1.54, 1.807) is 6.20 Å². The van der Waals surface area contributed by atoms with Crippen molar-refractivity contribution >= 4 is 28.3 Å². The molecule has 0 aliphatic heterocycles. The Morgan fingerprint density at radius 2 is 1.76 bits per heavy atom. The normalized spacial score (nSPS) is 10.6. The highest BCUT2D eigenvalue weighted by molar-refractivity contribution is 6.00. The van der Waals surface area contributed by atoms with Crippen molar-refractivity contribution in [1.29, 1.82) is 0 Å². The summed E-state index contributed by atoms with van der Waals surface area (Å²) in [7, 11) is 0. The minimum atomic E-state index is -0.186. The standard InChI is InChI=1S/C21H20N2O2/c1-14-7-8-17(11-15(14)2)20(24)9-10-21(25)23-18-12-16-5-3-4-6-19(16)22-13-18/h3-8,11-13H,9-10H2,1-2H3,(H,23,25). The lowest BCUT2D eigenvalue weighted by Crippen LogP contribution is -2.13. The number of hydrogen-bond acceptors (Lipinski definition) is 3. The molecule has 0 radical (unpaired) electrons. The lowest BCUT2D eigenvalue weighted by Gasteiger charge is -2.07. The maximum atomic E-state index is 12.2. The SMILES string of the molecule is Cc1ccc(C(=O)CCC(=O)Nc2cnc3ccccc3c2)cc1C. The molecule has 1 heterocycles. The number of rotatable bonds is 5. The van der Waals surface area contributed by atoms with Crippen LogP contribution in [0.5, 0.6) is 0 Å². The third-order valence-corrected chi connectivity index (χ3v) is 4.28. The van der Waals surface area contributed by atoms with Crippen LogP contribution < -0.4 is 5.32 Å². The quantitative estimate of drug-likeness (QED) is 0.702. The van der Waals surface area contributed by atoms with E-state index in [1.165, 1.54) is 0 Å². The largest absolute Gasteiger partial charge is 0.325 e. The van der Waals surface area contributed by atoms with Gasteiger partial charge in [-0.15, -0.1) is 0 Å². The molecule has 0 bridgehead atoms. The summed E-state index contributed by atoms with van der Waals surface area (Å²) in [5, 5.41) is 3.77. The van der Waals surface area contributed by atoms with Crippen LogP contribution in [0.3, 0.4) is 0 Å². The van der Waals surface area contributed by atoms with Gasteiger partial charge < -0.3 is 5.32 Å². The Bertz CT molecular complexity index is 948. The molecule has 0 unspecified atom stereocenters. The Labute approximate surface area is 146 Å². The van der Waals surface area contributed by atoms with Crippen LogP contribution in [-0.4, -0.2) is 16.7 Å². The van der Waals surface area contributed by atoms with Crippen LogP contribution in [0, 0.1) is 13.8 Å². The molecule has 1 aromatic heterocycles. The predicted octanol–water partition coefficient (Wildman–Crippen LogP) is 4.45. The number of aromatic nitrogens is 1. The second-order valence-corrected chi connectivity index (χ2v) is 6.19. The summed E-state index contributed by atoms with van der Waals surface area (Å²) in [5.74, 6) is -0.204. The number of amides is 1. The molecule has 0 fully saturated rings. The fourth-order valence-electron chi connectivity index (χ4n) is 2.65. The van der Waals surface area contributed by atoms with E-state index in [2.05, 4.69) is 10.3 Å². The first-order chi connectivity index (χ1) is 12.0. The van der Waals surface area contributed by atoms with Crippen LogP contribution in [-0.2, 0) is 4.79 Å². The fraction of sp³-hybridized carbons (Fsp3) is 0.190. The number of carbonyl (C=O) groups is 2. The molecule has 2 aromatic carbocycles. The molecule has 0 aliphatic rings. The van der Waals surface area contributed by atoms with Crippen molar-refractivity contribution in [2.24, 2.45) is 0 Å². The van der Waals surface area contributed by atoms with Crippen molar-refractivity contribution in [3.63, 3.8) is 0 Å². The molecule has 0 saturated carbocycles. The summed E-state index contributed by atoms with van der Waals surface area (Å²) in [6, 6.07) is 15.2. The average molecular weight is 332 g/mol. The second-order valence-electron chi connectivity index (χ2n) is 6.19. The zero-order valence-corrected chi connectivity index (χ0v) is 14.4. The van der Waals surface area contributed by atoms with Crippen LogP contribution in [0.2, 0.25) is 0 Å². The van der Waals surface area contributed by atoms with Gasteiger partial charge in [-0.05, 0) is 43.2 Å². The lowest BCUT2D eigenvalue weighted by molar-refractivity contribution is -0.116. The smallest absolute Gasteiger partial charge is 0.224 e. The summed E-state index contributed by atoms with van der Waals surface area (Å²) in [6.07, 6.45) is 1.97. The van der Waals surface area contributed by atoms with Crippen molar-refractivity contribution < 1.29 is 9.59 Å². The van der Waals surface area contributed by atoms with Crippen LogP contribution in [0.25, 0.3) is 10.9 Å². The van der Waals surface area contributed by atoms with Gasteiger partial charge in [0, 0.05) is 23.8 Å². The van der Waals surface area contributed by atoms with Crippen molar-refractivity contribution in [2.45, 2.75) is 26.7 Å².